The van der Waals surface area contributed by atoms with Gasteiger partial charge in [0.25, 0.3) is 11.6 Å². The molecule has 0 aliphatic rings. The third-order valence-electron chi connectivity index (χ3n) is 3.85. The van der Waals surface area contributed by atoms with Crippen molar-refractivity contribution >= 4 is 56.3 Å². The molecule has 0 radical (unpaired) electrons. The molecule has 0 bridgehead atoms. The van der Waals surface area contributed by atoms with Crippen LogP contribution in [0, 0.1) is 10.1 Å². The Labute approximate surface area is 173 Å². The smallest absolute Gasteiger partial charge is 0.279 e. The van der Waals surface area contributed by atoms with Gasteiger partial charge in [-0.3, -0.25) is 14.9 Å². The number of aromatic nitrogens is 1. The van der Waals surface area contributed by atoms with Gasteiger partial charge in [-0.05, 0) is 31.2 Å². The van der Waals surface area contributed by atoms with Crippen LogP contribution in [0.25, 0.3) is 10.2 Å². The lowest BCUT2D eigenvalue weighted by Crippen LogP contribution is -2.19. The first-order valence-electron chi connectivity index (χ1n) is 8.29. The molecule has 3 rings (SSSR count). The van der Waals surface area contributed by atoms with Crippen molar-refractivity contribution in [3.8, 4) is 0 Å². The van der Waals surface area contributed by atoms with Gasteiger partial charge in [0.05, 0.1) is 21.7 Å². The standard InChI is InChI=1S/C18H15Cl2N3O4S/c1-2-27-6-5-22-15-4-3-14(23(25)26)10-16(15)28-18(22)21-17(24)11-7-12(19)9-13(20)8-11/h3-4,7-10H,2,5-6H2,1H3. The first-order chi connectivity index (χ1) is 13.4. The highest BCUT2D eigenvalue weighted by Gasteiger charge is 2.14. The van der Waals surface area contributed by atoms with Crippen molar-refractivity contribution in [1.82, 2.24) is 4.57 Å². The number of carbonyl (C=O) groups excluding carboxylic acids is 1. The van der Waals surface area contributed by atoms with Crippen molar-refractivity contribution in [2.24, 2.45) is 4.99 Å². The quantitative estimate of drug-likeness (QED) is 0.316. The number of nitro benzene ring substituents is 1. The lowest BCUT2D eigenvalue weighted by molar-refractivity contribution is -0.384. The molecule has 0 aliphatic carbocycles. The Morgan fingerprint density at radius 1 is 1.25 bits per heavy atom. The van der Waals surface area contributed by atoms with Crippen LogP contribution in [0.4, 0.5) is 5.69 Å². The van der Waals surface area contributed by atoms with E-state index in [-0.39, 0.29) is 11.3 Å². The number of carbonyl (C=O) groups is 1. The molecule has 1 heterocycles. The summed E-state index contributed by atoms with van der Waals surface area (Å²) in [5.74, 6) is -0.504. The van der Waals surface area contributed by atoms with E-state index in [0.717, 1.165) is 5.52 Å². The van der Waals surface area contributed by atoms with Crippen LogP contribution in [0.3, 0.4) is 0 Å². The number of halogens is 2. The van der Waals surface area contributed by atoms with Gasteiger partial charge in [-0.1, -0.05) is 34.5 Å². The van der Waals surface area contributed by atoms with E-state index in [9.17, 15) is 14.9 Å². The first kappa shape index (κ1) is 20.5. The molecule has 3 aromatic rings. The normalized spacial score (nSPS) is 11.9. The number of thiazole rings is 1. The summed E-state index contributed by atoms with van der Waals surface area (Å²) in [5.41, 5.74) is 0.980. The van der Waals surface area contributed by atoms with Crippen molar-refractivity contribution in [2.45, 2.75) is 13.5 Å². The summed E-state index contributed by atoms with van der Waals surface area (Å²) in [5, 5.41) is 11.7. The molecular formula is C18H15Cl2N3O4S. The number of hydrogen-bond donors (Lipinski definition) is 0. The zero-order valence-electron chi connectivity index (χ0n) is 14.7. The van der Waals surface area contributed by atoms with Crippen LogP contribution in [0.2, 0.25) is 10.0 Å². The molecule has 10 heteroatoms. The Morgan fingerprint density at radius 3 is 2.61 bits per heavy atom. The number of fused-ring (bicyclic) bond motifs is 1. The maximum atomic E-state index is 12.6. The minimum atomic E-state index is -0.504. The molecule has 0 aliphatic heterocycles. The van der Waals surface area contributed by atoms with Crippen LogP contribution in [0.5, 0.6) is 0 Å². The van der Waals surface area contributed by atoms with Gasteiger partial charge in [0.15, 0.2) is 4.80 Å². The predicted octanol–water partition coefficient (Wildman–Crippen LogP) is 4.70. The Kier molecular flexibility index (Phi) is 6.46. The van der Waals surface area contributed by atoms with E-state index in [2.05, 4.69) is 4.99 Å². The monoisotopic (exact) mass is 439 g/mol. The second-order valence-corrected chi connectivity index (χ2v) is 7.60. The van der Waals surface area contributed by atoms with E-state index in [0.29, 0.717) is 39.3 Å². The summed E-state index contributed by atoms with van der Waals surface area (Å²) in [6.45, 7) is 3.32. The fourth-order valence-electron chi connectivity index (χ4n) is 2.61. The number of non-ortho nitro benzene ring substituents is 1. The molecule has 1 amide bonds. The van der Waals surface area contributed by atoms with Gasteiger partial charge < -0.3 is 9.30 Å². The first-order valence-corrected chi connectivity index (χ1v) is 9.87. The summed E-state index contributed by atoms with van der Waals surface area (Å²) in [7, 11) is 0. The maximum Gasteiger partial charge on any atom is 0.279 e. The minimum Gasteiger partial charge on any atom is -0.380 e. The van der Waals surface area contributed by atoms with Gasteiger partial charge in [0, 0.05) is 40.9 Å². The van der Waals surface area contributed by atoms with Crippen molar-refractivity contribution in [3.05, 3.63) is 66.9 Å². The minimum absolute atomic E-state index is 0.0230. The molecular weight excluding hydrogens is 425 g/mol. The number of benzene rings is 2. The third-order valence-corrected chi connectivity index (χ3v) is 5.32. The third kappa shape index (κ3) is 4.59. The lowest BCUT2D eigenvalue weighted by Gasteiger charge is -2.05. The maximum absolute atomic E-state index is 12.6. The summed E-state index contributed by atoms with van der Waals surface area (Å²) < 4.78 is 7.87. The number of rotatable bonds is 6. The number of ether oxygens (including phenoxy) is 1. The van der Waals surface area contributed by atoms with Crippen molar-refractivity contribution in [3.63, 3.8) is 0 Å². The van der Waals surface area contributed by atoms with Crippen LogP contribution >= 0.6 is 34.5 Å². The zero-order chi connectivity index (χ0) is 20.3. The summed E-state index contributed by atoms with van der Waals surface area (Å²) in [6.07, 6.45) is 0. The van der Waals surface area contributed by atoms with Gasteiger partial charge in [-0.25, -0.2) is 0 Å². The molecule has 0 saturated carbocycles. The largest absolute Gasteiger partial charge is 0.380 e. The van der Waals surface area contributed by atoms with E-state index in [4.69, 9.17) is 27.9 Å². The van der Waals surface area contributed by atoms with E-state index in [1.165, 1.54) is 41.7 Å². The Balaban J connectivity index is 2.11. The van der Waals surface area contributed by atoms with Crippen molar-refractivity contribution in [2.75, 3.05) is 13.2 Å². The van der Waals surface area contributed by atoms with Crippen LogP contribution in [-0.2, 0) is 11.3 Å². The molecule has 0 saturated heterocycles. The van der Waals surface area contributed by atoms with E-state index in [1.807, 2.05) is 11.5 Å². The molecule has 0 N–H and O–H groups in total. The van der Waals surface area contributed by atoms with Crippen LogP contribution in [0.1, 0.15) is 17.3 Å². The average molecular weight is 440 g/mol. The fraction of sp³-hybridized carbons (Fsp3) is 0.222. The van der Waals surface area contributed by atoms with Gasteiger partial charge in [0.1, 0.15) is 0 Å². The lowest BCUT2D eigenvalue weighted by atomic mass is 10.2. The highest BCUT2D eigenvalue weighted by molar-refractivity contribution is 7.16. The predicted molar refractivity (Wildman–Crippen MR) is 109 cm³/mol. The highest BCUT2D eigenvalue weighted by atomic mass is 35.5. The number of amides is 1. The molecule has 0 fully saturated rings. The Bertz CT molecular complexity index is 1100. The highest BCUT2D eigenvalue weighted by Crippen LogP contribution is 2.24. The van der Waals surface area contributed by atoms with Crippen molar-refractivity contribution < 1.29 is 14.5 Å². The second kappa shape index (κ2) is 8.83. The van der Waals surface area contributed by atoms with Gasteiger partial charge in [-0.2, -0.15) is 4.99 Å². The second-order valence-electron chi connectivity index (χ2n) is 5.72. The topological polar surface area (TPSA) is 86.7 Å². The molecule has 28 heavy (non-hydrogen) atoms. The van der Waals surface area contributed by atoms with Crippen LogP contribution in [-0.4, -0.2) is 28.6 Å². The molecule has 0 atom stereocenters. The van der Waals surface area contributed by atoms with Crippen LogP contribution in [0.15, 0.2) is 41.4 Å². The average Bonchev–Trinajstić information content (AvgIpc) is 2.97. The van der Waals surface area contributed by atoms with Crippen LogP contribution < -0.4 is 4.80 Å². The van der Waals surface area contributed by atoms with Crippen molar-refractivity contribution in [1.29, 1.82) is 0 Å². The summed E-state index contributed by atoms with van der Waals surface area (Å²) >= 11 is 13.1. The molecule has 1 aromatic heterocycles. The van der Waals surface area contributed by atoms with E-state index in [1.54, 1.807) is 6.07 Å². The number of nitro groups is 1. The number of hydrogen-bond acceptors (Lipinski definition) is 5. The summed E-state index contributed by atoms with van der Waals surface area (Å²) in [4.78, 5) is 27.8. The summed E-state index contributed by atoms with van der Waals surface area (Å²) in [6, 6.07) is 9.05. The molecule has 7 nitrogen and oxygen atoms in total. The fourth-order valence-corrected chi connectivity index (χ4v) is 4.22. The number of nitrogens with zero attached hydrogens (tertiary/aromatic N) is 3. The van der Waals surface area contributed by atoms with E-state index < -0.39 is 10.8 Å². The molecule has 0 spiro atoms. The molecule has 146 valence electrons. The van der Waals surface area contributed by atoms with Gasteiger partial charge in [-0.15, -0.1) is 0 Å². The Hall–Kier alpha value is -2.26. The molecule has 2 aromatic carbocycles. The Morgan fingerprint density at radius 2 is 1.96 bits per heavy atom. The molecule has 0 unspecified atom stereocenters. The zero-order valence-corrected chi connectivity index (χ0v) is 17.1. The van der Waals surface area contributed by atoms with E-state index >= 15 is 0 Å². The van der Waals surface area contributed by atoms with Gasteiger partial charge in [0.2, 0.25) is 0 Å². The van der Waals surface area contributed by atoms with Gasteiger partial charge >= 0.3 is 0 Å². The SMILES string of the molecule is CCOCCn1c(=NC(=O)c2cc(Cl)cc(Cl)c2)sc2cc([N+](=O)[O-])ccc21.